The number of pyridine rings is 1. The Morgan fingerprint density at radius 1 is 1.36 bits per heavy atom. The van der Waals surface area contributed by atoms with E-state index in [9.17, 15) is 18.0 Å². The van der Waals surface area contributed by atoms with Gasteiger partial charge in [-0.1, -0.05) is 6.07 Å². The van der Waals surface area contributed by atoms with Crippen molar-refractivity contribution in [1.82, 2.24) is 14.8 Å². The molecule has 0 saturated carbocycles. The van der Waals surface area contributed by atoms with Crippen LogP contribution in [-0.2, 0) is 9.53 Å². The van der Waals surface area contributed by atoms with Crippen LogP contribution >= 0.6 is 0 Å². The lowest BCUT2D eigenvalue weighted by Crippen LogP contribution is -2.68. The first kappa shape index (κ1) is 22.1. The fraction of sp³-hybridized carbons (Fsp3) is 0.611. The molecule has 1 amide bonds. The number of halogens is 3. The summed E-state index contributed by atoms with van der Waals surface area (Å²) < 4.78 is 37.0. The monoisotopic (exact) mass is 403 g/mol. The van der Waals surface area contributed by atoms with E-state index in [1.807, 2.05) is 24.0 Å². The van der Waals surface area contributed by atoms with Crippen molar-refractivity contribution in [2.45, 2.75) is 25.1 Å². The van der Waals surface area contributed by atoms with E-state index in [2.05, 4.69) is 16.9 Å². The zero-order valence-electron chi connectivity index (χ0n) is 16.0. The SMILES string of the molecule is COCC1CN(C)C2(C1)CN(C(=O)c1ccc(C)cn1)C2.O=C(O)C(F)(F)F. The highest BCUT2D eigenvalue weighted by atomic mass is 19.4. The number of aryl methyl sites for hydroxylation is 1. The van der Waals surface area contributed by atoms with Crippen molar-refractivity contribution in [2.24, 2.45) is 5.92 Å². The fourth-order valence-corrected chi connectivity index (χ4v) is 3.62. The second-order valence-electron chi connectivity index (χ2n) is 7.32. The zero-order chi connectivity index (χ0) is 21.1. The van der Waals surface area contributed by atoms with Crippen LogP contribution in [0.5, 0.6) is 0 Å². The van der Waals surface area contributed by atoms with Gasteiger partial charge in [0.2, 0.25) is 0 Å². The van der Waals surface area contributed by atoms with E-state index in [0.717, 1.165) is 38.2 Å². The third kappa shape index (κ3) is 4.99. The molecule has 2 fully saturated rings. The first-order valence-electron chi connectivity index (χ1n) is 8.71. The van der Waals surface area contributed by atoms with E-state index >= 15 is 0 Å². The number of likely N-dealkylation sites (tertiary alicyclic amines) is 2. The van der Waals surface area contributed by atoms with Crippen molar-refractivity contribution < 1.29 is 32.6 Å². The highest BCUT2D eigenvalue weighted by Crippen LogP contribution is 2.39. The average molecular weight is 403 g/mol. The molecule has 1 atom stereocenters. The Morgan fingerprint density at radius 3 is 2.43 bits per heavy atom. The number of methoxy groups -OCH3 is 1. The van der Waals surface area contributed by atoms with Gasteiger partial charge in [0.05, 0.1) is 12.1 Å². The molecule has 10 heteroatoms. The number of carboxylic acid groups (broad SMARTS) is 1. The van der Waals surface area contributed by atoms with Gasteiger partial charge >= 0.3 is 12.1 Å². The quantitative estimate of drug-likeness (QED) is 0.829. The molecule has 0 radical (unpaired) electrons. The Morgan fingerprint density at radius 2 is 1.96 bits per heavy atom. The maximum Gasteiger partial charge on any atom is 0.490 e. The van der Waals surface area contributed by atoms with Gasteiger partial charge in [-0.25, -0.2) is 4.79 Å². The molecule has 2 aliphatic heterocycles. The lowest BCUT2D eigenvalue weighted by atomic mass is 9.84. The van der Waals surface area contributed by atoms with E-state index in [1.54, 1.807) is 13.3 Å². The second kappa shape index (κ2) is 8.44. The molecule has 7 nitrogen and oxygen atoms in total. The molecule has 0 bridgehead atoms. The van der Waals surface area contributed by atoms with Gasteiger partial charge in [0, 0.05) is 32.9 Å². The minimum atomic E-state index is -5.08. The fourth-order valence-electron chi connectivity index (χ4n) is 3.62. The van der Waals surface area contributed by atoms with Gasteiger partial charge in [0.25, 0.3) is 5.91 Å². The molecule has 1 N–H and O–H groups in total. The summed E-state index contributed by atoms with van der Waals surface area (Å²) in [5.74, 6) is -2.13. The molecule has 28 heavy (non-hydrogen) atoms. The summed E-state index contributed by atoms with van der Waals surface area (Å²) in [4.78, 5) is 29.8. The van der Waals surface area contributed by atoms with Crippen molar-refractivity contribution in [3.63, 3.8) is 0 Å². The lowest BCUT2D eigenvalue weighted by Gasteiger charge is -2.51. The molecule has 1 unspecified atom stereocenters. The third-order valence-corrected chi connectivity index (χ3v) is 5.04. The van der Waals surface area contributed by atoms with Crippen molar-refractivity contribution in [3.8, 4) is 0 Å². The van der Waals surface area contributed by atoms with E-state index in [1.165, 1.54) is 0 Å². The Labute approximate surface area is 161 Å². The van der Waals surface area contributed by atoms with Crippen LogP contribution in [0, 0.1) is 12.8 Å². The number of hydrogen-bond acceptors (Lipinski definition) is 5. The van der Waals surface area contributed by atoms with Gasteiger partial charge in [-0.2, -0.15) is 13.2 Å². The first-order chi connectivity index (χ1) is 13.0. The first-order valence-corrected chi connectivity index (χ1v) is 8.71. The molecule has 3 heterocycles. The van der Waals surface area contributed by atoms with Crippen LogP contribution < -0.4 is 0 Å². The van der Waals surface area contributed by atoms with Gasteiger partial charge in [0.1, 0.15) is 5.69 Å². The minimum absolute atomic E-state index is 0.0456. The number of likely N-dealkylation sites (N-methyl/N-ethyl adjacent to an activating group) is 1. The van der Waals surface area contributed by atoms with Crippen LogP contribution in [0.15, 0.2) is 18.3 Å². The molecule has 3 rings (SSSR count). The predicted molar refractivity (Wildman–Crippen MR) is 93.9 cm³/mol. The highest BCUT2D eigenvalue weighted by Gasteiger charge is 2.53. The number of nitrogens with zero attached hydrogens (tertiary/aromatic N) is 3. The van der Waals surface area contributed by atoms with Crippen LogP contribution in [0.2, 0.25) is 0 Å². The molecule has 0 aliphatic carbocycles. The topological polar surface area (TPSA) is 83.0 Å². The Kier molecular flexibility index (Phi) is 6.66. The van der Waals surface area contributed by atoms with Gasteiger partial charge in [-0.05, 0) is 37.9 Å². The number of alkyl halides is 3. The summed E-state index contributed by atoms with van der Waals surface area (Å²) in [7, 11) is 3.91. The van der Waals surface area contributed by atoms with Gasteiger partial charge < -0.3 is 14.7 Å². The van der Waals surface area contributed by atoms with Crippen LogP contribution in [0.25, 0.3) is 0 Å². The second-order valence-corrected chi connectivity index (χ2v) is 7.32. The Bertz CT molecular complexity index is 703. The summed E-state index contributed by atoms with van der Waals surface area (Å²) in [6.07, 6.45) is -2.22. The van der Waals surface area contributed by atoms with Crippen molar-refractivity contribution >= 4 is 11.9 Å². The third-order valence-electron chi connectivity index (χ3n) is 5.04. The summed E-state index contributed by atoms with van der Waals surface area (Å²) in [5, 5.41) is 7.12. The van der Waals surface area contributed by atoms with Crippen molar-refractivity contribution in [1.29, 1.82) is 0 Å². The molecule has 2 aliphatic rings. The van der Waals surface area contributed by atoms with Crippen molar-refractivity contribution in [2.75, 3.05) is 40.4 Å². The number of carbonyl (C=O) groups is 2. The van der Waals surface area contributed by atoms with E-state index < -0.39 is 12.1 Å². The maximum atomic E-state index is 12.4. The smallest absolute Gasteiger partial charge is 0.475 e. The predicted octanol–water partition coefficient (Wildman–Crippen LogP) is 1.82. The number of carboxylic acids is 1. The van der Waals surface area contributed by atoms with Crippen molar-refractivity contribution in [3.05, 3.63) is 29.6 Å². The van der Waals surface area contributed by atoms with Crippen LogP contribution in [-0.4, -0.2) is 83.9 Å². The zero-order valence-corrected chi connectivity index (χ0v) is 16.0. The maximum absolute atomic E-state index is 12.4. The number of hydrogen-bond donors (Lipinski definition) is 1. The summed E-state index contributed by atoms with van der Waals surface area (Å²) >= 11 is 0. The lowest BCUT2D eigenvalue weighted by molar-refractivity contribution is -0.192. The van der Waals surface area contributed by atoms with Crippen LogP contribution in [0.3, 0.4) is 0 Å². The number of amides is 1. The highest BCUT2D eigenvalue weighted by molar-refractivity contribution is 5.93. The normalized spacial score (nSPS) is 21.1. The Balaban J connectivity index is 0.000000345. The number of rotatable bonds is 3. The molecular weight excluding hydrogens is 379 g/mol. The number of ether oxygens (including phenoxy) is 1. The summed E-state index contributed by atoms with van der Waals surface area (Å²) in [6, 6.07) is 3.75. The molecular formula is C18H24F3N3O4. The standard InChI is InChI=1S/C16H23N3O2.C2HF3O2/c1-12-4-5-14(17-7-12)15(20)19-10-16(11-19)6-13(9-21-3)8-18(16)2;3-2(4,5)1(6)7/h4-5,7,13H,6,8-11H2,1-3H3;(H,6,7). The Hall–Kier alpha value is -2.20. The van der Waals surface area contributed by atoms with E-state index in [0.29, 0.717) is 11.6 Å². The summed E-state index contributed by atoms with van der Waals surface area (Å²) in [5.41, 5.74) is 1.78. The van der Waals surface area contributed by atoms with Gasteiger partial charge in [-0.3, -0.25) is 14.7 Å². The summed E-state index contributed by atoms with van der Waals surface area (Å²) in [6.45, 7) is 5.44. The molecule has 0 aromatic carbocycles. The van der Waals surface area contributed by atoms with Gasteiger partial charge in [-0.15, -0.1) is 0 Å². The molecule has 1 spiro atoms. The largest absolute Gasteiger partial charge is 0.490 e. The van der Waals surface area contributed by atoms with Gasteiger partial charge in [0.15, 0.2) is 0 Å². The average Bonchev–Trinajstić information content (AvgIpc) is 2.90. The minimum Gasteiger partial charge on any atom is -0.475 e. The number of aromatic nitrogens is 1. The molecule has 2 saturated heterocycles. The molecule has 156 valence electrons. The number of carbonyl (C=O) groups excluding carboxylic acids is 1. The van der Waals surface area contributed by atoms with Crippen LogP contribution in [0.4, 0.5) is 13.2 Å². The molecule has 1 aromatic heterocycles. The molecule has 1 aromatic rings. The van der Waals surface area contributed by atoms with E-state index in [4.69, 9.17) is 14.6 Å². The van der Waals surface area contributed by atoms with E-state index in [-0.39, 0.29) is 11.4 Å². The van der Waals surface area contributed by atoms with Crippen LogP contribution in [0.1, 0.15) is 22.5 Å². The number of aliphatic carboxylic acids is 1.